The van der Waals surface area contributed by atoms with Gasteiger partial charge in [0.25, 0.3) is 0 Å². The molecule has 0 unspecified atom stereocenters. The molecule has 27 heavy (non-hydrogen) atoms. The number of aliphatic imine (C=N–C) groups is 1. The van der Waals surface area contributed by atoms with Crippen molar-refractivity contribution in [2.24, 2.45) is 4.99 Å². The summed E-state index contributed by atoms with van der Waals surface area (Å²) in [5, 5.41) is 12.7. The fourth-order valence-corrected chi connectivity index (χ4v) is 2.21. The number of pyridine rings is 1. The van der Waals surface area contributed by atoms with E-state index >= 15 is 0 Å². The summed E-state index contributed by atoms with van der Waals surface area (Å²) in [7, 11) is 1.60. The van der Waals surface area contributed by atoms with Gasteiger partial charge in [0.2, 0.25) is 0 Å². The minimum absolute atomic E-state index is 0.197. The van der Waals surface area contributed by atoms with Crippen molar-refractivity contribution in [1.82, 2.24) is 20.8 Å². The van der Waals surface area contributed by atoms with Crippen molar-refractivity contribution in [3.63, 3.8) is 0 Å². The molecule has 10 heteroatoms. The summed E-state index contributed by atoms with van der Waals surface area (Å²) in [6, 6.07) is 4.12. The molecule has 0 aliphatic rings. The first-order chi connectivity index (χ1) is 12.8. The largest absolute Gasteiger partial charge is 0.419 e. The Morgan fingerprint density at radius 2 is 2.04 bits per heavy atom. The minimum Gasteiger partial charge on any atom is -0.368 e. The number of hydrogen-bond acceptors (Lipinski definition) is 5. The third-order valence-electron chi connectivity index (χ3n) is 3.65. The Morgan fingerprint density at radius 3 is 2.67 bits per heavy atom. The molecule has 0 saturated carbocycles. The summed E-state index contributed by atoms with van der Waals surface area (Å²) < 4.78 is 44.0. The Kier molecular flexibility index (Phi) is 7.03. The van der Waals surface area contributed by atoms with E-state index in [-0.39, 0.29) is 18.3 Å². The van der Waals surface area contributed by atoms with Gasteiger partial charge in [-0.1, -0.05) is 19.0 Å². The van der Waals surface area contributed by atoms with Crippen molar-refractivity contribution in [3.8, 4) is 0 Å². The molecule has 2 aromatic heterocycles. The van der Waals surface area contributed by atoms with Crippen LogP contribution in [0.15, 0.2) is 33.9 Å². The van der Waals surface area contributed by atoms with Gasteiger partial charge in [0, 0.05) is 32.4 Å². The molecule has 0 saturated heterocycles. The van der Waals surface area contributed by atoms with Crippen LogP contribution in [0, 0.1) is 0 Å². The molecule has 2 rings (SSSR count). The number of anilines is 1. The second-order valence-corrected chi connectivity index (χ2v) is 6.05. The number of rotatable bonds is 7. The van der Waals surface area contributed by atoms with Crippen molar-refractivity contribution in [3.05, 3.63) is 41.4 Å². The lowest BCUT2D eigenvalue weighted by molar-refractivity contribution is -0.137. The average molecular weight is 384 g/mol. The Hall–Kier alpha value is -2.78. The van der Waals surface area contributed by atoms with Crippen molar-refractivity contribution in [2.75, 3.05) is 25.5 Å². The Labute approximate surface area is 155 Å². The van der Waals surface area contributed by atoms with Gasteiger partial charge in [-0.2, -0.15) is 13.2 Å². The second-order valence-electron chi connectivity index (χ2n) is 6.05. The predicted octanol–water partition coefficient (Wildman–Crippen LogP) is 2.99. The number of alkyl halides is 3. The maximum atomic E-state index is 12.9. The van der Waals surface area contributed by atoms with Crippen LogP contribution < -0.4 is 16.0 Å². The van der Waals surface area contributed by atoms with Gasteiger partial charge in [-0.15, -0.1) is 0 Å². The van der Waals surface area contributed by atoms with E-state index in [4.69, 9.17) is 4.52 Å². The van der Waals surface area contributed by atoms with E-state index in [2.05, 4.69) is 31.1 Å². The molecule has 0 spiro atoms. The molecule has 0 aliphatic carbocycles. The lowest BCUT2D eigenvalue weighted by atomic mass is 10.1. The zero-order valence-electron chi connectivity index (χ0n) is 15.4. The van der Waals surface area contributed by atoms with E-state index in [0.29, 0.717) is 24.8 Å². The maximum Gasteiger partial charge on any atom is 0.419 e. The van der Waals surface area contributed by atoms with Crippen LogP contribution in [0.1, 0.15) is 36.8 Å². The number of hydrogen-bond donors (Lipinski definition) is 3. The third kappa shape index (κ3) is 6.15. The topological polar surface area (TPSA) is 87.4 Å². The average Bonchev–Trinajstić information content (AvgIpc) is 3.10. The van der Waals surface area contributed by atoms with Gasteiger partial charge in [0.15, 0.2) is 11.7 Å². The first kappa shape index (κ1) is 20.5. The molecule has 0 bridgehead atoms. The van der Waals surface area contributed by atoms with E-state index in [1.165, 1.54) is 12.3 Å². The van der Waals surface area contributed by atoms with E-state index in [1.54, 1.807) is 7.05 Å². The monoisotopic (exact) mass is 384 g/mol. The Balaban J connectivity index is 1.78. The van der Waals surface area contributed by atoms with Crippen LogP contribution in [0.3, 0.4) is 0 Å². The van der Waals surface area contributed by atoms with Gasteiger partial charge in [-0.3, -0.25) is 4.99 Å². The summed E-state index contributed by atoms with van der Waals surface area (Å²) in [5.41, 5.74) is 0.0774. The molecular weight excluding hydrogens is 361 g/mol. The van der Waals surface area contributed by atoms with E-state index < -0.39 is 11.7 Å². The lowest BCUT2D eigenvalue weighted by Gasteiger charge is -2.14. The Bertz CT molecular complexity index is 757. The highest BCUT2D eigenvalue weighted by atomic mass is 19.4. The predicted molar refractivity (Wildman–Crippen MR) is 96.5 cm³/mol. The molecule has 0 radical (unpaired) electrons. The van der Waals surface area contributed by atoms with Crippen molar-refractivity contribution in [2.45, 2.75) is 32.5 Å². The van der Waals surface area contributed by atoms with Crippen LogP contribution in [0.4, 0.5) is 19.0 Å². The van der Waals surface area contributed by atoms with Gasteiger partial charge in [0.1, 0.15) is 5.82 Å². The zero-order valence-corrected chi connectivity index (χ0v) is 15.4. The number of nitrogens with one attached hydrogen (secondary N) is 3. The molecule has 2 heterocycles. The molecular formula is C17H23F3N6O. The summed E-state index contributed by atoms with van der Waals surface area (Å²) in [6.45, 7) is 5.02. The van der Waals surface area contributed by atoms with Crippen LogP contribution in [0.2, 0.25) is 0 Å². The van der Waals surface area contributed by atoms with E-state index in [1.807, 2.05) is 19.9 Å². The highest BCUT2D eigenvalue weighted by Crippen LogP contribution is 2.33. The number of halogens is 3. The summed E-state index contributed by atoms with van der Waals surface area (Å²) in [6.07, 6.45) is -3.14. The molecule has 2 aromatic rings. The van der Waals surface area contributed by atoms with Crippen molar-refractivity contribution < 1.29 is 17.7 Å². The highest BCUT2D eigenvalue weighted by molar-refractivity contribution is 5.79. The number of nitrogens with zero attached hydrogens (tertiary/aromatic N) is 3. The number of aromatic nitrogens is 2. The van der Waals surface area contributed by atoms with Gasteiger partial charge < -0.3 is 20.5 Å². The molecule has 0 amide bonds. The highest BCUT2D eigenvalue weighted by Gasteiger charge is 2.33. The zero-order chi connectivity index (χ0) is 19.9. The molecule has 0 aliphatic heterocycles. The summed E-state index contributed by atoms with van der Waals surface area (Å²) in [4.78, 5) is 7.81. The van der Waals surface area contributed by atoms with E-state index in [9.17, 15) is 13.2 Å². The molecule has 0 atom stereocenters. The number of guanidine groups is 1. The first-order valence-corrected chi connectivity index (χ1v) is 8.47. The maximum absolute atomic E-state index is 12.9. The molecule has 7 nitrogen and oxygen atoms in total. The standard InChI is InChI=1S/C17H23F3N6O/c1-11(2)14-9-12(27-26-14)10-25-16(21-3)24-8-7-23-15-13(17(18,19)20)5-4-6-22-15/h4-6,9,11H,7-8,10H2,1-3H3,(H,22,23)(H2,21,24,25). The van der Waals surface area contributed by atoms with Crippen LogP contribution in [0.5, 0.6) is 0 Å². The Morgan fingerprint density at radius 1 is 1.26 bits per heavy atom. The van der Waals surface area contributed by atoms with Gasteiger partial charge in [-0.05, 0) is 18.1 Å². The van der Waals surface area contributed by atoms with Gasteiger partial charge in [-0.25, -0.2) is 4.98 Å². The van der Waals surface area contributed by atoms with Crippen molar-refractivity contribution in [1.29, 1.82) is 0 Å². The molecule has 148 valence electrons. The molecule has 3 N–H and O–H groups in total. The fraction of sp³-hybridized carbons (Fsp3) is 0.471. The normalized spacial score (nSPS) is 12.3. The first-order valence-electron chi connectivity index (χ1n) is 8.47. The summed E-state index contributed by atoms with van der Waals surface area (Å²) in [5.74, 6) is 1.25. The van der Waals surface area contributed by atoms with Crippen LogP contribution >= 0.6 is 0 Å². The minimum atomic E-state index is -4.45. The smallest absolute Gasteiger partial charge is 0.368 e. The third-order valence-corrected chi connectivity index (χ3v) is 3.65. The molecule has 0 fully saturated rings. The van der Waals surface area contributed by atoms with E-state index in [0.717, 1.165) is 11.8 Å². The second kappa shape index (κ2) is 9.24. The SMILES string of the molecule is CN=C(NCCNc1ncccc1C(F)(F)F)NCc1cc(C(C)C)no1. The van der Waals surface area contributed by atoms with Crippen LogP contribution in [-0.2, 0) is 12.7 Å². The van der Waals surface area contributed by atoms with Gasteiger partial charge in [0.05, 0.1) is 17.8 Å². The van der Waals surface area contributed by atoms with Crippen LogP contribution in [0.25, 0.3) is 0 Å². The van der Waals surface area contributed by atoms with Gasteiger partial charge >= 0.3 is 6.18 Å². The van der Waals surface area contributed by atoms with Crippen molar-refractivity contribution >= 4 is 11.8 Å². The summed E-state index contributed by atoms with van der Waals surface area (Å²) >= 11 is 0. The molecule has 0 aromatic carbocycles. The lowest BCUT2D eigenvalue weighted by Crippen LogP contribution is -2.39. The quantitative estimate of drug-likeness (QED) is 0.386. The van der Waals surface area contributed by atoms with Crippen LogP contribution in [-0.4, -0.2) is 36.2 Å². The fourth-order valence-electron chi connectivity index (χ4n) is 2.21.